The van der Waals surface area contributed by atoms with Gasteiger partial charge in [-0.15, -0.1) is 6.42 Å². The van der Waals surface area contributed by atoms with Crippen molar-refractivity contribution in [3.63, 3.8) is 0 Å². The molecule has 3 heteroatoms. The third-order valence-electron chi connectivity index (χ3n) is 1.70. The summed E-state index contributed by atoms with van der Waals surface area (Å²) in [6, 6.07) is 2.83. The van der Waals surface area contributed by atoms with Crippen molar-refractivity contribution in [2.75, 3.05) is 0 Å². The highest BCUT2D eigenvalue weighted by Crippen LogP contribution is 2.23. The van der Waals surface area contributed by atoms with E-state index in [0.29, 0.717) is 11.1 Å². The molecule has 0 aromatic heterocycles. The van der Waals surface area contributed by atoms with E-state index in [1.165, 1.54) is 6.07 Å². The molecule has 0 saturated carbocycles. The number of carboxylic acids is 1. The average Bonchev–Trinajstić information content (AvgIpc) is 2.09. The highest BCUT2D eigenvalue weighted by molar-refractivity contribution is 5.91. The van der Waals surface area contributed by atoms with Gasteiger partial charge in [-0.25, -0.2) is 4.79 Å². The van der Waals surface area contributed by atoms with Gasteiger partial charge in [-0.1, -0.05) is 5.92 Å². The van der Waals surface area contributed by atoms with Crippen LogP contribution in [-0.2, 0) is 0 Å². The van der Waals surface area contributed by atoms with Gasteiger partial charge in [0.05, 0.1) is 0 Å². The molecule has 0 atom stereocenters. The highest BCUT2D eigenvalue weighted by Gasteiger charge is 2.12. The third-order valence-corrected chi connectivity index (χ3v) is 1.70. The van der Waals surface area contributed by atoms with Gasteiger partial charge in [0.15, 0.2) is 0 Å². The maximum Gasteiger partial charge on any atom is 0.339 e. The zero-order chi connectivity index (χ0) is 10.0. The number of phenols is 1. The summed E-state index contributed by atoms with van der Waals surface area (Å²) in [6.07, 6.45) is 5.11. The predicted octanol–water partition coefficient (Wildman–Crippen LogP) is 1.38. The Morgan fingerprint density at radius 2 is 2.15 bits per heavy atom. The number of carboxylic acid groups (broad SMARTS) is 1. The van der Waals surface area contributed by atoms with Crippen LogP contribution in [0.2, 0.25) is 0 Å². The molecule has 0 radical (unpaired) electrons. The van der Waals surface area contributed by atoms with Crippen LogP contribution in [0.4, 0.5) is 0 Å². The highest BCUT2D eigenvalue weighted by atomic mass is 16.4. The Morgan fingerprint density at radius 1 is 1.54 bits per heavy atom. The molecule has 0 bridgehead atoms. The third kappa shape index (κ3) is 1.62. The molecular weight excluding hydrogens is 168 g/mol. The molecule has 0 saturated heterocycles. The van der Waals surface area contributed by atoms with Crippen LogP contribution in [0.3, 0.4) is 0 Å². The van der Waals surface area contributed by atoms with Crippen LogP contribution < -0.4 is 0 Å². The average molecular weight is 176 g/mol. The number of aromatic hydroxyl groups is 1. The van der Waals surface area contributed by atoms with Crippen molar-refractivity contribution >= 4 is 5.97 Å². The number of carbonyl (C=O) groups is 1. The first-order valence-electron chi connectivity index (χ1n) is 3.59. The van der Waals surface area contributed by atoms with Crippen LogP contribution >= 0.6 is 0 Å². The lowest BCUT2D eigenvalue weighted by Crippen LogP contribution is -1.98. The van der Waals surface area contributed by atoms with E-state index in [1.807, 2.05) is 0 Å². The van der Waals surface area contributed by atoms with Crippen molar-refractivity contribution in [2.24, 2.45) is 0 Å². The molecule has 3 nitrogen and oxygen atoms in total. The fraction of sp³-hybridized carbons (Fsp3) is 0.100. The predicted molar refractivity (Wildman–Crippen MR) is 47.7 cm³/mol. The number of terminal acetylenes is 1. The summed E-state index contributed by atoms with van der Waals surface area (Å²) in [6.45, 7) is 1.60. The van der Waals surface area contributed by atoms with E-state index in [9.17, 15) is 9.90 Å². The van der Waals surface area contributed by atoms with E-state index in [1.54, 1.807) is 13.0 Å². The molecule has 1 aromatic rings. The second-order valence-electron chi connectivity index (χ2n) is 2.64. The molecule has 2 N–H and O–H groups in total. The quantitative estimate of drug-likeness (QED) is 0.635. The number of hydrogen-bond acceptors (Lipinski definition) is 2. The van der Waals surface area contributed by atoms with Crippen molar-refractivity contribution in [1.29, 1.82) is 0 Å². The van der Waals surface area contributed by atoms with Crippen molar-refractivity contribution in [3.05, 3.63) is 28.8 Å². The monoisotopic (exact) mass is 176 g/mol. The van der Waals surface area contributed by atoms with Gasteiger partial charge in [0.2, 0.25) is 0 Å². The van der Waals surface area contributed by atoms with Gasteiger partial charge < -0.3 is 10.2 Å². The minimum atomic E-state index is -1.18. The zero-order valence-electron chi connectivity index (χ0n) is 7.03. The molecule has 13 heavy (non-hydrogen) atoms. The van der Waals surface area contributed by atoms with E-state index in [2.05, 4.69) is 5.92 Å². The fourth-order valence-corrected chi connectivity index (χ4v) is 1.03. The lowest BCUT2D eigenvalue weighted by molar-refractivity contribution is 0.0693. The lowest BCUT2D eigenvalue weighted by Gasteiger charge is -2.03. The Balaban J connectivity index is 3.44. The number of benzene rings is 1. The minimum Gasteiger partial charge on any atom is -0.507 e. The van der Waals surface area contributed by atoms with Crippen LogP contribution in [0.5, 0.6) is 5.75 Å². The number of hydrogen-bond donors (Lipinski definition) is 2. The number of aromatic carboxylic acids is 1. The Bertz CT molecular complexity index is 399. The first-order chi connectivity index (χ1) is 6.06. The molecule has 0 fully saturated rings. The Morgan fingerprint density at radius 3 is 2.62 bits per heavy atom. The fourth-order valence-electron chi connectivity index (χ4n) is 1.03. The summed E-state index contributed by atoms with van der Waals surface area (Å²) >= 11 is 0. The summed E-state index contributed by atoms with van der Waals surface area (Å²) in [5, 5.41) is 18.0. The Labute approximate surface area is 75.6 Å². The second kappa shape index (κ2) is 3.20. The van der Waals surface area contributed by atoms with Crippen LogP contribution in [0.1, 0.15) is 21.5 Å². The molecule has 0 heterocycles. The normalized spacial score (nSPS) is 9.23. The molecule has 0 spiro atoms. The minimum absolute atomic E-state index is 0.159. The molecular formula is C10H8O3. The molecule has 0 aliphatic heterocycles. The van der Waals surface area contributed by atoms with Gasteiger partial charge in [-0.2, -0.15) is 0 Å². The van der Waals surface area contributed by atoms with E-state index < -0.39 is 5.97 Å². The van der Waals surface area contributed by atoms with Crippen LogP contribution in [0, 0.1) is 19.3 Å². The first kappa shape index (κ1) is 9.14. The largest absolute Gasteiger partial charge is 0.507 e. The molecule has 66 valence electrons. The van der Waals surface area contributed by atoms with Crippen LogP contribution in [0.15, 0.2) is 12.1 Å². The van der Waals surface area contributed by atoms with Crippen molar-refractivity contribution in [3.8, 4) is 18.1 Å². The van der Waals surface area contributed by atoms with Crippen LogP contribution in [0.25, 0.3) is 0 Å². The summed E-state index contributed by atoms with van der Waals surface area (Å²) in [4.78, 5) is 10.6. The molecule has 0 aliphatic rings. The van der Waals surface area contributed by atoms with E-state index in [4.69, 9.17) is 11.5 Å². The van der Waals surface area contributed by atoms with Crippen molar-refractivity contribution in [1.82, 2.24) is 0 Å². The first-order valence-corrected chi connectivity index (χ1v) is 3.59. The maximum atomic E-state index is 10.6. The van der Waals surface area contributed by atoms with E-state index in [-0.39, 0.29) is 11.3 Å². The SMILES string of the molecule is C#Cc1cc(C)c(O)c(C(=O)O)c1. The zero-order valence-corrected chi connectivity index (χ0v) is 7.03. The van der Waals surface area contributed by atoms with Crippen molar-refractivity contribution in [2.45, 2.75) is 6.92 Å². The van der Waals surface area contributed by atoms with Gasteiger partial charge in [0.25, 0.3) is 0 Å². The molecule has 0 aliphatic carbocycles. The molecule has 0 unspecified atom stereocenters. The van der Waals surface area contributed by atoms with Gasteiger partial charge in [-0.3, -0.25) is 0 Å². The van der Waals surface area contributed by atoms with Gasteiger partial charge in [0, 0.05) is 5.56 Å². The van der Waals surface area contributed by atoms with Gasteiger partial charge >= 0.3 is 5.97 Å². The topological polar surface area (TPSA) is 57.5 Å². The Hall–Kier alpha value is -1.95. The van der Waals surface area contributed by atoms with Gasteiger partial charge in [0.1, 0.15) is 11.3 Å². The molecule has 1 rings (SSSR count). The lowest BCUT2D eigenvalue weighted by atomic mass is 10.1. The van der Waals surface area contributed by atoms with E-state index >= 15 is 0 Å². The number of aryl methyl sites for hydroxylation is 1. The Kier molecular flexibility index (Phi) is 2.25. The summed E-state index contributed by atoms with van der Waals surface area (Å²) in [7, 11) is 0. The molecule has 0 amide bonds. The van der Waals surface area contributed by atoms with E-state index in [0.717, 1.165) is 0 Å². The standard InChI is InChI=1S/C10H8O3/c1-3-7-4-6(2)9(11)8(5-7)10(12)13/h1,4-5,11H,2H3,(H,12,13). The smallest absolute Gasteiger partial charge is 0.339 e. The van der Waals surface area contributed by atoms with Gasteiger partial charge in [-0.05, 0) is 24.6 Å². The summed E-state index contributed by atoms with van der Waals surface area (Å²) < 4.78 is 0. The van der Waals surface area contributed by atoms with Crippen molar-refractivity contribution < 1.29 is 15.0 Å². The van der Waals surface area contributed by atoms with Crippen LogP contribution in [-0.4, -0.2) is 16.2 Å². The molecule has 1 aromatic carbocycles. The summed E-state index contributed by atoms with van der Waals surface area (Å²) in [5.74, 6) is 0.903. The maximum absolute atomic E-state index is 10.6. The summed E-state index contributed by atoms with van der Waals surface area (Å²) in [5.41, 5.74) is 0.758. The number of rotatable bonds is 1. The second-order valence-corrected chi connectivity index (χ2v) is 2.64.